The SMILES string of the molecule is Cc1cnc(CNC(=O)/C=C/c2cc(CO)cs2)cn1. The van der Waals surface area contributed by atoms with Crippen molar-refractivity contribution in [1.29, 1.82) is 0 Å². The van der Waals surface area contributed by atoms with Gasteiger partial charge in [-0.25, -0.2) is 0 Å². The summed E-state index contributed by atoms with van der Waals surface area (Å²) in [4.78, 5) is 20.8. The minimum Gasteiger partial charge on any atom is -0.392 e. The van der Waals surface area contributed by atoms with Gasteiger partial charge >= 0.3 is 0 Å². The first-order valence-electron chi connectivity index (χ1n) is 6.09. The van der Waals surface area contributed by atoms with Gasteiger partial charge in [0.25, 0.3) is 0 Å². The van der Waals surface area contributed by atoms with E-state index in [9.17, 15) is 4.79 Å². The number of amides is 1. The minimum absolute atomic E-state index is 0.0165. The highest BCUT2D eigenvalue weighted by atomic mass is 32.1. The van der Waals surface area contributed by atoms with E-state index in [1.807, 2.05) is 18.4 Å². The number of aliphatic hydroxyl groups excluding tert-OH is 1. The Morgan fingerprint density at radius 3 is 2.95 bits per heavy atom. The molecule has 5 nitrogen and oxygen atoms in total. The number of aryl methyl sites for hydroxylation is 1. The molecule has 0 radical (unpaired) electrons. The summed E-state index contributed by atoms with van der Waals surface area (Å²) < 4.78 is 0. The zero-order valence-corrected chi connectivity index (χ0v) is 11.9. The fraction of sp³-hybridized carbons (Fsp3) is 0.214. The van der Waals surface area contributed by atoms with E-state index in [2.05, 4.69) is 15.3 Å². The molecule has 2 heterocycles. The van der Waals surface area contributed by atoms with Crippen molar-refractivity contribution in [2.24, 2.45) is 0 Å². The van der Waals surface area contributed by atoms with E-state index in [4.69, 9.17) is 5.11 Å². The quantitative estimate of drug-likeness (QED) is 0.821. The zero-order valence-electron chi connectivity index (χ0n) is 11.0. The van der Waals surface area contributed by atoms with E-state index in [-0.39, 0.29) is 12.5 Å². The maximum Gasteiger partial charge on any atom is 0.244 e. The highest BCUT2D eigenvalue weighted by Gasteiger charge is 2.00. The standard InChI is InChI=1S/C14H15N3O2S/c1-10-5-16-12(6-15-10)7-17-14(19)3-2-13-4-11(8-18)9-20-13/h2-6,9,18H,7-8H2,1H3,(H,17,19)/b3-2+. The van der Waals surface area contributed by atoms with Crippen LogP contribution in [0.5, 0.6) is 0 Å². The zero-order chi connectivity index (χ0) is 14.4. The fourth-order valence-corrected chi connectivity index (χ4v) is 2.27. The van der Waals surface area contributed by atoms with Crippen LogP contribution in [0.15, 0.2) is 29.9 Å². The highest BCUT2D eigenvalue weighted by molar-refractivity contribution is 7.11. The number of nitrogens with one attached hydrogen (secondary N) is 1. The smallest absolute Gasteiger partial charge is 0.244 e. The largest absolute Gasteiger partial charge is 0.392 e. The summed E-state index contributed by atoms with van der Waals surface area (Å²) in [5.41, 5.74) is 2.42. The Kier molecular flexibility index (Phi) is 4.97. The average Bonchev–Trinajstić information content (AvgIpc) is 2.92. The van der Waals surface area contributed by atoms with Crippen LogP contribution in [0.3, 0.4) is 0 Å². The Morgan fingerprint density at radius 1 is 1.45 bits per heavy atom. The lowest BCUT2D eigenvalue weighted by molar-refractivity contribution is -0.116. The Hall–Kier alpha value is -2.05. The Balaban J connectivity index is 1.84. The van der Waals surface area contributed by atoms with Crippen molar-refractivity contribution in [3.63, 3.8) is 0 Å². The van der Waals surface area contributed by atoms with E-state index in [1.54, 1.807) is 18.5 Å². The van der Waals surface area contributed by atoms with Crippen LogP contribution in [-0.2, 0) is 17.9 Å². The van der Waals surface area contributed by atoms with Gasteiger partial charge in [0.15, 0.2) is 0 Å². The van der Waals surface area contributed by atoms with Crippen molar-refractivity contribution in [3.8, 4) is 0 Å². The summed E-state index contributed by atoms with van der Waals surface area (Å²) in [6.45, 7) is 2.23. The van der Waals surface area contributed by atoms with Crippen molar-refractivity contribution in [3.05, 3.63) is 51.7 Å². The number of hydrogen-bond donors (Lipinski definition) is 2. The van der Waals surface area contributed by atoms with Gasteiger partial charge < -0.3 is 10.4 Å². The third-order valence-electron chi connectivity index (χ3n) is 2.53. The third-order valence-corrected chi connectivity index (χ3v) is 3.48. The van der Waals surface area contributed by atoms with E-state index in [0.29, 0.717) is 6.54 Å². The predicted octanol–water partition coefficient (Wildman–Crippen LogP) is 1.67. The van der Waals surface area contributed by atoms with Crippen LogP contribution in [0, 0.1) is 6.92 Å². The molecule has 0 saturated heterocycles. The number of hydrogen-bond acceptors (Lipinski definition) is 5. The lowest BCUT2D eigenvalue weighted by Crippen LogP contribution is -2.20. The van der Waals surface area contributed by atoms with Gasteiger partial charge in [-0.05, 0) is 30.0 Å². The van der Waals surface area contributed by atoms with E-state index < -0.39 is 0 Å². The second kappa shape index (κ2) is 6.93. The van der Waals surface area contributed by atoms with Crippen molar-refractivity contribution in [2.45, 2.75) is 20.1 Å². The van der Waals surface area contributed by atoms with Crippen LogP contribution < -0.4 is 5.32 Å². The summed E-state index contributed by atoms with van der Waals surface area (Å²) in [7, 11) is 0. The summed E-state index contributed by atoms with van der Waals surface area (Å²) in [5, 5.41) is 13.5. The third kappa shape index (κ3) is 4.25. The van der Waals surface area contributed by atoms with E-state index >= 15 is 0 Å². The molecule has 0 unspecified atom stereocenters. The molecule has 0 aliphatic rings. The predicted molar refractivity (Wildman–Crippen MR) is 77.9 cm³/mol. The Bertz CT molecular complexity index is 605. The molecule has 0 atom stereocenters. The number of nitrogens with zero attached hydrogens (tertiary/aromatic N) is 2. The van der Waals surface area contributed by atoms with Gasteiger partial charge in [0.1, 0.15) is 0 Å². The molecule has 2 rings (SSSR count). The Morgan fingerprint density at radius 2 is 2.30 bits per heavy atom. The van der Waals surface area contributed by atoms with Gasteiger partial charge in [-0.2, -0.15) is 0 Å². The molecule has 20 heavy (non-hydrogen) atoms. The molecule has 0 spiro atoms. The first-order valence-corrected chi connectivity index (χ1v) is 6.97. The molecule has 2 aromatic heterocycles. The molecule has 0 bridgehead atoms. The molecule has 104 valence electrons. The van der Waals surface area contributed by atoms with Crippen LogP contribution >= 0.6 is 11.3 Å². The molecule has 0 fully saturated rings. The molecule has 0 aliphatic carbocycles. The summed E-state index contributed by atoms with van der Waals surface area (Å²) in [6.07, 6.45) is 6.50. The second-order valence-corrected chi connectivity index (χ2v) is 5.16. The number of thiophene rings is 1. The van der Waals surface area contributed by atoms with Crippen LogP contribution in [0.25, 0.3) is 6.08 Å². The summed E-state index contributed by atoms with van der Waals surface area (Å²) >= 11 is 1.48. The fourth-order valence-electron chi connectivity index (χ4n) is 1.47. The second-order valence-electron chi connectivity index (χ2n) is 4.22. The van der Waals surface area contributed by atoms with Crippen molar-refractivity contribution >= 4 is 23.3 Å². The number of aromatic nitrogens is 2. The first-order chi connectivity index (χ1) is 9.67. The van der Waals surface area contributed by atoms with Crippen LogP contribution in [0.1, 0.15) is 21.8 Å². The van der Waals surface area contributed by atoms with E-state index in [1.165, 1.54) is 17.4 Å². The molecular formula is C14H15N3O2S. The Labute approximate surface area is 121 Å². The topological polar surface area (TPSA) is 75.1 Å². The van der Waals surface area contributed by atoms with Crippen LogP contribution in [-0.4, -0.2) is 21.0 Å². The van der Waals surface area contributed by atoms with Gasteiger partial charge in [0.05, 0.1) is 30.7 Å². The van der Waals surface area contributed by atoms with Gasteiger partial charge in [-0.15, -0.1) is 11.3 Å². The highest BCUT2D eigenvalue weighted by Crippen LogP contribution is 2.15. The summed E-state index contributed by atoms with van der Waals surface area (Å²) in [5.74, 6) is -0.189. The molecule has 0 aromatic carbocycles. The van der Waals surface area contributed by atoms with Crippen molar-refractivity contribution in [2.75, 3.05) is 0 Å². The minimum atomic E-state index is -0.189. The van der Waals surface area contributed by atoms with E-state index in [0.717, 1.165) is 21.8 Å². The maximum atomic E-state index is 11.6. The number of carbonyl (C=O) groups excluding carboxylic acids is 1. The monoisotopic (exact) mass is 289 g/mol. The molecular weight excluding hydrogens is 274 g/mol. The molecule has 6 heteroatoms. The molecule has 2 N–H and O–H groups in total. The van der Waals surface area contributed by atoms with Crippen molar-refractivity contribution < 1.29 is 9.90 Å². The number of rotatable bonds is 5. The first kappa shape index (κ1) is 14.4. The maximum absolute atomic E-state index is 11.6. The average molecular weight is 289 g/mol. The van der Waals surface area contributed by atoms with Crippen LogP contribution in [0.4, 0.5) is 0 Å². The molecule has 0 aliphatic heterocycles. The lowest BCUT2D eigenvalue weighted by Gasteiger charge is -2.01. The number of carbonyl (C=O) groups is 1. The van der Waals surface area contributed by atoms with Gasteiger partial charge in [0, 0.05) is 17.2 Å². The molecule has 2 aromatic rings. The van der Waals surface area contributed by atoms with Crippen molar-refractivity contribution in [1.82, 2.24) is 15.3 Å². The summed E-state index contributed by atoms with van der Waals surface area (Å²) in [6, 6.07) is 1.85. The molecule has 1 amide bonds. The van der Waals surface area contributed by atoms with Crippen LogP contribution in [0.2, 0.25) is 0 Å². The number of aliphatic hydroxyl groups is 1. The molecule has 0 saturated carbocycles. The van der Waals surface area contributed by atoms with Gasteiger partial charge in [-0.3, -0.25) is 14.8 Å². The van der Waals surface area contributed by atoms with Gasteiger partial charge in [-0.1, -0.05) is 0 Å². The van der Waals surface area contributed by atoms with Gasteiger partial charge in [0.2, 0.25) is 5.91 Å². The normalized spacial score (nSPS) is 10.9. The lowest BCUT2D eigenvalue weighted by atomic mass is 10.3.